The van der Waals surface area contributed by atoms with Crippen LogP contribution < -0.4 is 0 Å². The molecule has 0 aromatic heterocycles. The van der Waals surface area contributed by atoms with Crippen LogP contribution in [-0.4, -0.2) is 23.3 Å². The normalized spacial score (nSPS) is 25.7. The second-order valence-electron chi connectivity index (χ2n) is 8.54. The molecule has 4 aliphatic rings. The van der Waals surface area contributed by atoms with Gasteiger partial charge in [-0.2, -0.15) is 0 Å². The Balaban J connectivity index is 1.50. The van der Waals surface area contributed by atoms with E-state index in [0.717, 1.165) is 34.7 Å². The first-order chi connectivity index (χ1) is 16.1. The van der Waals surface area contributed by atoms with E-state index in [1.165, 1.54) is 29.4 Å². The van der Waals surface area contributed by atoms with Gasteiger partial charge in [0.05, 0.1) is 27.7 Å². The lowest BCUT2D eigenvalue weighted by Crippen LogP contribution is -2.52. The van der Waals surface area contributed by atoms with Gasteiger partial charge in [0.15, 0.2) is 0 Å². The van der Waals surface area contributed by atoms with Gasteiger partial charge in [0.25, 0.3) is 5.70 Å². The van der Waals surface area contributed by atoms with Crippen LogP contribution in [-0.2, 0) is 14.9 Å². The molecular weight excluding hydrogens is 454 g/mol. The fraction of sp³-hybridized carbons (Fsp3) is 0.154. The molecule has 7 heteroatoms. The van der Waals surface area contributed by atoms with Crippen molar-refractivity contribution in [3.8, 4) is 11.5 Å². The van der Waals surface area contributed by atoms with Gasteiger partial charge in [-0.1, -0.05) is 72.1 Å². The first-order valence-electron chi connectivity index (χ1n) is 10.4. The highest BCUT2D eigenvalue weighted by molar-refractivity contribution is 8.24. The van der Waals surface area contributed by atoms with Crippen LogP contribution in [0.3, 0.4) is 0 Å². The molecule has 0 fully saturated rings. The van der Waals surface area contributed by atoms with Gasteiger partial charge in [0, 0.05) is 28.4 Å². The van der Waals surface area contributed by atoms with Crippen LogP contribution in [0.2, 0.25) is 0 Å². The van der Waals surface area contributed by atoms with E-state index in [1.807, 2.05) is 24.3 Å². The largest absolute Gasteiger partial charge is 0.506 e. The predicted molar refractivity (Wildman–Crippen MR) is 124 cm³/mol. The van der Waals surface area contributed by atoms with Crippen LogP contribution in [0.4, 0.5) is 0 Å². The number of fused-ring (bicyclic) bond motifs is 8. The zero-order valence-electron chi connectivity index (χ0n) is 17.2. The van der Waals surface area contributed by atoms with Gasteiger partial charge in [-0.05, 0) is 22.3 Å². The van der Waals surface area contributed by atoms with Gasteiger partial charge < -0.3 is 14.9 Å². The molecule has 0 radical (unpaired) electrons. The van der Waals surface area contributed by atoms with E-state index in [9.17, 15) is 15.0 Å². The molecule has 3 atom stereocenters. The molecule has 3 aromatic carbocycles. The third kappa shape index (κ3) is 1.93. The van der Waals surface area contributed by atoms with Crippen molar-refractivity contribution in [1.29, 1.82) is 0 Å². The highest BCUT2D eigenvalue weighted by atomic mass is 32.2. The van der Waals surface area contributed by atoms with Crippen LogP contribution in [0.25, 0.3) is 4.85 Å². The molecule has 1 heterocycles. The summed E-state index contributed by atoms with van der Waals surface area (Å²) in [7, 11) is 1.23. The van der Waals surface area contributed by atoms with Crippen molar-refractivity contribution in [2.75, 3.05) is 7.11 Å². The number of carbonyl (C=O) groups excluding carboxylic acids is 1. The molecule has 2 N–H and O–H groups in total. The van der Waals surface area contributed by atoms with Crippen LogP contribution in [0.1, 0.15) is 45.2 Å². The lowest BCUT2D eigenvalue weighted by Gasteiger charge is -2.58. The molecule has 0 amide bonds. The number of hydrogen-bond acceptors (Lipinski definition) is 6. The second kappa shape index (κ2) is 6.16. The quantitative estimate of drug-likeness (QED) is 0.214. The smallest absolute Gasteiger partial charge is 0.337 e. The SMILES string of the molecule is [C-]#[N+]C(C(=O)OC)=C1Sc2c(O)c3c(c(O)c2S1)[C@@H]1c2ccccc2C12c1ccccc1C32. The van der Waals surface area contributed by atoms with Gasteiger partial charge >= 0.3 is 5.97 Å². The Kier molecular flexibility index (Phi) is 3.58. The maximum absolute atomic E-state index is 12.1. The number of carbonyl (C=O) groups is 1. The Morgan fingerprint density at radius 1 is 0.939 bits per heavy atom. The number of benzene rings is 3. The standard InChI is InChI=1S/C26H15NO4S2/c1-27-19(24(30)31-2)25-32-22-20(28)15-16(21(29)23(22)33-25)18-12-8-4-6-10-14(12)26(18)13-9-5-3-7-11(13)17(15)26/h3-10,17-18,28-29H,2H3/t17-,18?,26?/m0/s1. The van der Waals surface area contributed by atoms with E-state index < -0.39 is 5.97 Å². The minimum Gasteiger partial charge on any atom is -0.506 e. The van der Waals surface area contributed by atoms with E-state index in [4.69, 9.17) is 11.3 Å². The highest BCUT2D eigenvalue weighted by Crippen LogP contribution is 2.80. The van der Waals surface area contributed by atoms with E-state index in [-0.39, 0.29) is 34.4 Å². The predicted octanol–water partition coefficient (Wildman–Crippen LogP) is 5.45. The summed E-state index contributed by atoms with van der Waals surface area (Å²) < 4.78 is 5.16. The molecule has 160 valence electrons. The topological polar surface area (TPSA) is 71.1 Å². The third-order valence-corrected chi connectivity index (χ3v) is 10.0. The molecule has 7 rings (SSSR count). The summed E-state index contributed by atoms with van der Waals surface area (Å²) in [4.78, 5) is 16.4. The highest BCUT2D eigenvalue weighted by Gasteiger charge is 2.71. The van der Waals surface area contributed by atoms with Crippen molar-refractivity contribution >= 4 is 29.5 Å². The van der Waals surface area contributed by atoms with E-state index in [1.54, 1.807) is 0 Å². The minimum atomic E-state index is -0.723. The third-order valence-electron chi connectivity index (χ3n) is 7.43. The minimum absolute atomic E-state index is 0.0423. The van der Waals surface area contributed by atoms with Crippen LogP contribution in [0.5, 0.6) is 11.5 Å². The fourth-order valence-corrected chi connectivity index (χ4v) is 8.88. The van der Waals surface area contributed by atoms with Crippen LogP contribution >= 0.6 is 23.5 Å². The summed E-state index contributed by atoms with van der Waals surface area (Å²) in [5.41, 5.74) is 6.00. The number of thioether (sulfide) groups is 2. The first-order valence-corrected chi connectivity index (χ1v) is 12.0. The molecule has 0 saturated heterocycles. The van der Waals surface area contributed by atoms with Crippen molar-refractivity contribution in [3.05, 3.63) is 103 Å². The van der Waals surface area contributed by atoms with E-state index >= 15 is 0 Å². The molecule has 0 bridgehead atoms. The van der Waals surface area contributed by atoms with E-state index in [2.05, 4.69) is 29.1 Å². The Labute approximate surface area is 197 Å². The number of esters is 1. The Bertz CT molecular complexity index is 1440. The number of nitrogens with zero attached hydrogens (tertiary/aromatic N) is 1. The Morgan fingerprint density at radius 2 is 1.42 bits per heavy atom. The molecule has 1 spiro atoms. The summed E-state index contributed by atoms with van der Waals surface area (Å²) in [6.07, 6.45) is 0. The lowest BCUT2D eigenvalue weighted by molar-refractivity contribution is -0.135. The zero-order chi connectivity index (χ0) is 22.6. The van der Waals surface area contributed by atoms with Gasteiger partial charge in [0.1, 0.15) is 11.5 Å². The Hall–Kier alpha value is -3.34. The molecule has 1 aliphatic heterocycles. The summed E-state index contributed by atoms with van der Waals surface area (Å²) in [5.74, 6) is -0.532. The molecule has 3 aliphatic carbocycles. The number of phenolic OH excluding ortho intramolecular Hbond substituents is 2. The number of hydrogen-bond donors (Lipinski definition) is 2. The Morgan fingerprint density at radius 3 is 1.88 bits per heavy atom. The number of rotatable bonds is 1. The number of aromatic hydroxyl groups is 2. The van der Waals surface area contributed by atoms with Crippen LogP contribution in [0.15, 0.2) is 68.3 Å². The molecule has 5 nitrogen and oxygen atoms in total. The fourth-order valence-electron chi connectivity index (χ4n) is 6.35. The van der Waals surface area contributed by atoms with Crippen molar-refractivity contribution in [3.63, 3.8) is 0 Å². The summed E-state index contributed by atoms with van der Waals surface area (Å²) in [6.45, 7) is 7.42. The van der Waals surface area contributed by atoms with Crippen molar-refractivity contribution in [1.82, 2.24) is 0 Å². The van der Waals surface area contributed by atoms with Crippen molar-refractivity contribution < 1.29 is 19.7 Å². The molecule has 33 heavy (non-hydrogen) atoms. The van der Waals surface area contributed by atoms with Crippen molar-refractivity contribution in [2.45, 2.75) is 27.0 Å². The van der Waals surface area contributed by atoms with Gasteiger partial charge in [-0.3, -0.25) is 4.79 Å². The molecule has 3 aromatic rings. The zero-order valence-corrected chi connectivity index (χ0v) is 18.9. The molecular formula is C26H15NO4S2. The summed E-state index contributed by atoms with van der Waals surface area (Å²) >= 11 is 2.30. The molecule has 2 unspecified atom stereocenters. The second-order valence-corrected chi connectivity index (χ2v) is 10.8. The van der Waals surface area contributed by atoms with E-state index in [0.29, 0.717) is 14.0 Å². The average molecular weight is 470 g/mol. The summed E-state index contributed by atoms with van der Waals surface area (Å²) in [6, 6.07) is 16.6. The number of methoxy groups -OCH3 is 1. The maximum Gasteiger partial charge on any atom is 0.337 e. The van der Waals surface area contributed by atoms with Gasteiger partial charge in [-0.25, -0.2) is 4.85 Å². The van der Waals surface area contributed by atoms with Gasteiger partial charge in [-0.15, -0.1) is 0 Å². The van der Waals surface area contributed by atoms with Crippen molar-refractivity contribution in [2.24, 2.45) is 0 Å². The number of ether oxygens (including phenoxy) is 1. The lowest BCUT2D eigenvalue weighted by atomic mass is 9.43. The summed E-state index contributed by atoms with van der Waals surface area (Å²) in [5, 5.41) is 23.1. The van der Waals surface area contributed by atoms with Crippen LogP contribution in [0, 0.1) is 6.57 Å². The molecule has 0 saturated carbocycles. The average Bonchev–Trinajstić information content (AvgIpc) is 3.35. The maximum atomic E-state index is 12.1. The number of phenols is 2. The monoisotopic (exact) mass is 469 g/mol. The first kappa shape index (κ1) is 19.2. The van der Waals surface area contributed by atoms with Gasteiger partial charge in [0.2, 0.25) is 0 Å².